The Morgan fingerprint density at radius 1 is 1.29 bits per heavy atom. The van der Waals surface area contributed by atoms with Crippen LogP contribution in [0.4, 0.5) is 10.1 Å². The first-order valence-electron chi connectivity index (χ1n) is 5.90. The van der Waals surface area contributed by atoms with Crippen LogP contribution in [0.2, 0.25) is 0 Å². The molecule has 0 aliphatic rings. The van der Waals surface area contributed by atoms with Crippen molar-refractivity contribution in [3.63, 3.8) is 0 Å². The molecule has 110 valence electrons. The van der Waals surface area contributed by atoms with E-state index in [9.17, 15) is 14.5 Å². The number of hydrogen-bond donors (Lipinski definition) is 0. The quantitative estimate of drug-likeness (QED) is 0.428. The molecular formula is C14H10BrClFNO3. The van der Waals surface area contributed by atoms with Crippen LogP contribution in [0.25, 0.3) is 0 Å². The van der Waals surface area contributed by atoms with Crippen molar-refractivity contribution in [3.8, 4) is 5.75 Å². The van der Waals surface area contributed by atoms with Gasteiger partial charge in [0.25, 0.3) is 5.69 Å². The third-order valence-corrected chi connectivity index (χ3v) is 3.50. The van der Waals surface area contributed by atoms with E-state index in [4.69, 9.17) is 16.3 Å². The molecule has 2 aromatic carbocycles. The summed E-state index contributed by atoms with van der Waals surface area (Å²) < 4.78 is 19.8. The number of nitrogens with zero attached hydrogens (tertiary/aromatic N) is 1. The molecule has 0 aliphatic heterocycles. The zero-order valence-electron chi connectivity index (χ0n) is 10.7. The highest BCUT2D eigenvalue weighted by Crippen LogP contribution is 2.26. The van der Waals surface area contributed by atoms with Crippen LogP contribution in [-0.4, -0.2) is 4.92 Å². The average Bonchev–Trinajstić information content (AvgIpc) is 2.45. The molecule has 0 aliphatic carbocycles. The van der Waals surface area contributed by atoms with Gasteiger partial charge in [-0.3, -0.25) is 10.1 Å². The molecule has 0 aromatic heterocycles. The van der Waals surface area contributed by atoms with Gasteiger partial charge in [0.1, 0.15) is 18.2 Å². The SMILES string of the molecule is O=[N+]([O-])c1cc(F)cc(COc2ccc(Br)cc2CCl)c1. The van der Waals surface area contributed by atoms with Crippen LogP contribution >= 0.6 is 27.5 Å². The average molecular weight is 375 g/mol. The predicted molar refractivity (Wildman–Crippen MR) is 81.1 cm³/mol. The van der Waals surface area contributed by atoms with Crippen molar-refractivity contribution in [1.29, 1.82) is 0 Å². The van der Waals surface area contributed by atoms with E-state index in [1.807, 2.05) is 6.07 Å². The molecular weight excluding hydrogens is 365 g/mol. The van der Waals surface area contributed by atoms with Crippen LogP contribution < -0.4 is 4.74 Å². The molecule has 0 spiro atoms. The van der Waals surface area contributed by atoms with E-state index in [1.54, 1.807) is 12.1 Å². The molecule has 4 nitrogen and oxygen atoms in total. The maximum atomic E-state index is 13.3. The van der Waals surface area contributed by atoms with Gasteiger partial charge >= 0.3 is 0 Å². The van der Waals surface area contributed by atoms with Gasteiger partial charge < -0.3 is 4.74 Å². The second kappa shape index (κ2) is 6.87. The van der Waals surface area contributed by atoms with Crippen molar-refractivity contribution in [1.82, 2.24) is 0 Å². The van der Waals surface area contributed by atoms with Gasteiger partial charge in [0, 0.05) is 16.1 Å². The molecule has 7 heteroatoms. The topological polar surface area (TPSA) is 52.4 Å². The van der Waals surface area contributed by atoms with Crippen LogP contribution in [0.1, 0.15) is 11.1 Å². The molecule has 0 saturated carbocycles. The van der Waals surface area contributed by atoms with Crippen LogP contribution in [0.5, 0.6) is 5.75 Å². The summed E-state index contributed by atoms with van der Waals surface area (Å²) >= 11 is 9.16. The van der Waals surface area contributed by atoms with Crippen LogP contribution in [0.15, 0.2) is 40.9 Å². The van der Waals surface area contributed by atoms with Crippen LogP contribution in [-0.2, 0) is 12.5 Å². The van der Waals surface area contributed by atoms with Crippen LogP contribution in [0, 0.1) is 15.9 Å². The van der Waals surface area contributed by atoms with E-state index in [-0.39, 0.29) is 18.2 Å². The Morgan fingerprint density at radius 2 is 2.05 bits per heavy atom. The Labute approximate surface area is 133 Å². The lowest BCUT2D eigenvalue weighted by Gasteiger charge is -2.10. The fourth-order valence-corrected chi connectivity index (χ4v) is 2.39. The second-order valence-corrected chi connectivity index (χ2v) is 5.43. The normalized spacial score (nSPS) is 10.4. The Balaban J connectivity index is 2.18. The number of rotatable bonds is 5. The number of halogens is 3. The Bertz CT molecular complexity index is 681. The minimum Gasteiger partial charge on any atom is -0.489 e. The predicted octanol–water partition coefficient (Wildman–Crippen LogP) is 4.81. The summed E-state index contributed by atoms with van der Waals surface area (Å²) in [5, 5.41) is 10.7. The lowest BCUT2D eigenvalue weighted by Crippen LogP contribution is -2.00. The summed E-state index contributed by atoms with van der Waals surface area (Å²) in [6.45, 7) is 0.0180. The number of hydrogen-bond acceptors (Lipinski definition) is 3. The number of nitro benzene ring substituents is 1. The Hall–Kier alpha value is -1.66. The molecule has 21 heavy (non-hydrogen) atoms. The van der Waals surface area contributed by atoms with E-state index in [0.717, 1.165) is 16.1 Å². The van der Waals surface area contributed by atoms with Gasteiger partial charge in [-0.05, 0) is 29.8 Å². The van der Waals surface area contributed by atoms with Crippen molar-refractivity contribution in [3.05, 3.63) is 67.9 Å². The smallest absolute Gasteiger partial charge is 0.272 e. The highest BCUT2D eigenvalue weighted by molar-refractivity contribution is 9.10. The maximum absolute atomic E-state index is 13.3. The third-order valence-electron chi connectivity index (χ3n) is 2.71. The molecule has 2 rings (SSSR count). The largest absolute Gasteiger partial charge is 0.489 e. The third kappa shape index (κ3) is 4.15. The molecule has 0 bridgehead atoms. The Morgan fingerprint density at radius 3 is 2.71 bits per heavy atom. The van der Waals surface area contributed by atoms with Gasteiger partial charge in [-0.15, -0.1) is 11.6 Å². The zero-order valence-corrected chi connectivity index (χ0v) is 13.0. The summed E-state index contributed by atoms with van der Waals surface area (Å²) in [6, 6.07) is 8.69. The summed E-state index contributed by atoms with van der Waals surface area (Å²) in [5.41, 5.74) is 0.851. The molecule has 0 fully saturated rings. The number of ether oxygens (including phenoxy) is 1. The fraction of sp³-hybridized carbons (Fsp3) is 0.143. The van der Waals surface area contributed by atoms with E-state index in [2.05, 4.69) is 15.9 Å². The van der Waals surface area contributed by atoms with E-state index >= 15 is 0 Å². The summed E-state index contributed by atoms with van der Waals surface area (Å²) in [6.07, 6.45) is 0. The molecule has 0 N–H and O–H groups in total. The van der Waals surface area contributed by atoms with Gasteiger partial charge in [0.15, 0.2) is 0 Å². The first kappa shape index (κ1) is 15.7. The highest BCUT2D eigenvalue weighted by Gasteiger charge is 2.11. The highest BCUT2D eigenvalue weighted by atomic mass is 79.9. The van der Waals surface area contributed by atoms with Gasteiger partial charge in [-0.2, -0.15) is 0 Å². The lowest BCUT2D eigenvalue weighted by atomic mass is 10.2. The fourth-order valence-electron chi connectivity index (χ4n) is 1.78. The van der Waals surface area contributed by atoms with Gasteiger partial charge in [0.05, 0.1) is 16.9 Å². The number of alkyl halides is 1. The summed E-state index contributed by atoms with van der Waals surface area (Å²) in [5.74, 6) is 0.147. The molecule has 2 aromatic rings. The van der Waals surface area contributed by atoms with Gasteiger partial charge in [-0.1, -0.05) is 15.9 Å². The second-order valence-electron chi connectivity index (χ2n) is 4.25. The van der Waals surface area contributed by atoms with Crippen molar-refractivity contribution in [2.24, 2.45) is 0 Å². The number of benzene rings is 2. The zero-order chi connectivity index (χ0) is 15.4. The van der Waals surface area contributed by atoms with E-state index in [1.165, 1.54) is 12.1 Å². The van der Waals surface area contributed by atoms with Crippen molar-refractivity contribution < 1.29 is 14.1 Å². The number of non-ortho nitro benzene ring substituents is 1. The standard InChI is InChI=1S/C14H10BrClFNO3/c15-11-1-2-14(10(5-11)7-16)21-8-9-3-12(17)6-13(4-9)18(19)20/h1-6H,7-8H2. The van der Waals surface area contributed by atoms with Crippen molar-refractivity contribution in [2.75, 3.05) is 0 Å². The van der Waals surface area contributed by atoms with Crippen molar-refractivity contribution >= 4 is 33.2 Å². The van der Waals surface area contributed by atoms with Crippen LogP contribution in [0.3, 0.4) is 0 Å². The Kier molecular flexibility index (Phi) is 5.14. The van der Waals surface area contributed by atoms with E-state index in [0.29, 0.717) is 11.3 Å². The molecule has 0 unspecified atom stereocenters. The minimum atomic E-state index is -0.670. The van der Waals surface area contributed by atoms with Crippen molar-refractivity contribution in [2.45, 2.75) is 12.5 Å². The lowest BCUT2D eigenvalue weighted by molar-refractivity contribution is -0.385. The van der Waals surface area contributed by atoms with Gasteiger partial charge in [0.2, 0.25) is 0 Å². The maximum Gasteiger partial charge on any atom is 0.272 e. The van der Waals surface area contributed by atoms with E-state index < -0.39 is 10.7 Å². The molecule has 0 saturated heterocycles. The molecule has 0 radical (unpaired) electrons. The molecule has 0 heterocycles. The minimum absolute atomic E-state index is 0.0180. The summed E-state index contributed by atoms with van der Waals surface area (Å²) in [4.78, 5) is 10.1. The first-order chi connectivity index (χ1) is 9.99. The molecule has 0 atom stereocenters. The molecule has 0 amide bonds. The monoisotopic (exact) mass is 373 g/mol. The first-order valence-corrected chi connectivity index (χ1v) is 7.23. The van der Waals surface area contributed by atoms with Gasteiger partial charge in [-0.25, -0.2) is 4.39 Å². The summed E-state index contributed by atoms with van der Waals surface area (Å²) in [7, 11) is 0. The number of nitro groups is 1.